The molecule has 22 heavy (non-hydrogen) atoms. The zero-order valence-corrected chi connectivity index (χ0v) is 13.0. The van der Waals surface area contributed by atoms with Crippen molar-refractivity contribution in [3.05, 3.63) is 53.5 Å². The zero-order chi connectivity index (χ0) is 15.7. The lowest BCUT2D eigenvalue weighted by atomic mass is 10.1. The molecule has 0 amide bonds. The molecule has 0 spiro atoms. The third kappa shape index (κ3) is 2.57. The monoisotopic (exact) mass is 293 g/mol. The van der Waals surface area contributed by atoms with Crippen LogP contribution < -0.4 is 5.73 Å². The lowest BCUT2D eigenvalue weighted by molar-refractivity contribution is 0.827. The van der Waals surface area contributed by atoms with Gasteiger partial charge < -0.3 is 5.73 Å². The van der Waals surface area contributed by atoms with E-state index in [0.29, 0.717) is 11.6 Å². The van der Waals surface area contributed by atoms with Gasteiger partial charge in [0.1, 0.15) is 5.82 Å². The topological polar surface area (TPSA) is 69.6 Å². The van der Waals surface area contributed by atoms with Gasteiger partial charge in [-0.15, -0.1) is 0 Å². The van der Waals surface area contributed by atoms with Crippen LogP contribution in [0.2, 0.25) is 0 Å². The SMILES string of the molecule is CCc1cccc(-c2cc(N)n(-c3nc(C)cnc3C)n2)c1. The van der Waals surface area contributed by atoms with Gasteiger partial charge in [0.15, 0.2) is 5.82 Å². The minimum Gasteiger partial charge on any atom is -0.384 e. The summed E-state index contributed by atoms with van der Waals surface area (Å²) in [6.07, 6.45) is 2.73. The fourth-order valence-corrected chi connectivity index (χ4v) is 2.38. The lowest BCUT2D eigenvalue weighted by Gasteiger charge is -2.06. The van der Waals surface area contributed by atoms with Crippen LogP contribution in [0.5, 0.6) is 0 Å². The van der Waals surface area contributed by atoms with E-state index in [2.05, 4.69) is 34.1 Å². The lowest BCUT2D eigenvalue weighted by Crippen LogP contribution is -2.08. The van der Waals surface area contributed by atoms with Crippen molar-refractivity contribution in [1.82, 2.24) is 19.7 Å². The van der Waals surface area contributed by atoms with Gasteiger partial charge in [-0.3, -0.25) is 4.98 Å². The van der Waals surface area contributed by atoms with Crippen LogP contribution in [0.3, 0.4) is 0 Å². The standard InChI is InChI=1S/C17H19N5/c1-4-13-6-5-7-14(8-13)15-9-16(18)22(21-15)17-12(3)19-10-11(2)20-17/h5-10H,4,18H2,1-3H3. The van der Waals surface area contributed by atoms with Crippen LogP contribution in [-0.2, 0) is 6.42 Å². The number of rotatable bonds is 3. The number of benzene rings is 1. The summed E-state index contributed by atoms with van der Waals surface area (Å²) < 4.78 is 1.66. The Hall–Kier alpha value is -2.69. The van der Waals surface area contributed by atoms with E-state index in [1.54, 1.807) is 10.9 Å². The molecular formula is C17H19N5. The summed E-state index contributed by atoms with van der Waals surface area (Å²) in [5.41, 5.74) is 10.9. The molecule has 0 saturated heterocycles. The molecule has 3 aromatic rings. The highest BCUT2D eigenvalue weighted by Gasteiger charge is 2.13. The van der Waals surface area contributed by atoms with Crippen molar-refractivity contribution in [2.75, 3.05) is 5.73 Å². The number of nitrogens with two attached hydrogens (primary N) is 1. The van der Waals surface area contributed by atoms with Gasteiger partial charge in [0.25, 0.3) is 0 Å². The average molecular weight is 293 g/mol. The van der Waals surface area contributed by atoms with Crippen LogP contribution in [0, 0.1) is 13.8 Å². The van der Waals surface area contributed by atoms with E-state index in [0.717, 1.165) is 29.1 Å². The van der Waals surface area contributed by atoms with Crippen molar-refractivity contribution in [1.29, 1.82) is 0 Å². The third-order valence-electron chi connectivity index (χ3n) is 3.62. The van der Waals surface area contributed by atoms with Crippen LogP contribution >= 0.6 is 0 Å². The van der Waals surface area contributed by atoms with Crippen molar-refractivity contribution in [2.45, 2.75) is 27.2 Å². The molecule has 0 saturated carbocycles. The number of aryl methyl sites for hydroxylation is 3. The first kappa shape index (κ1) is 14.3. The highest BCUT2D eigenvalue weighted by atomic mass is 15.3. The summed E-state index contributed by atoms with van der Waals surface area (Å²) >= 11 is 0. The molecule has 0 unspecified atom stereocenters. The Morgan fingerprint density at radius 3 is 2.77 bits per heavy atom. The van der Waals surface area contributed by atoms with E-state index in [-0.39, 0.29) is 0 Å². The highest BCUT2D eigenvalue weighted by molar-refractivity contribution is 5.64. The second kappa shape index (κ2) is 5.60. The van der Waals surface area contributed by atoms with Gasteiger partial charge in [-0.2, -0.15) is 9.78 Å². The minimum atomic E-state index is 0.555. The number of hydrogen-bond donors (Lipinski definition) is 1. The van der Waals surface area contributed by atoms with Crippen LogP contribution in [0.1, 0.15) is 23.9 Å². The number of aromatic nitrogens is 4. The predicted octanol–water partition coefficient (Wildman–Crippen LogP) is 3.09. The molecule has 112 valence electrons. The first-order valence-corrected chi connectivity index (χ1v) is 7.34. The van der Waals surface area contributed by atoms with Gasteiger partial charge in [0, 0.05) is 17.8 Å². The first-order valence-electron chi connectivity index (χ1n) is 7.34. The van der Waals surface area contributed by atoms with Gasteiger partial charge >= 0.3 is 0 Å². The molecule has 5 nitrogen and oxygen atoms in total. The molecule has 0 atom stereocenters. The predicted molar refractivity (Wildman–Crippen MR) is 87.9 cm³/mol. The van der Waals surface area contributed by atoms with Gasteiger partial charge in [-0.05, 0) is 31.9 Å². The maximum Gasteiger partial charge on any atom is 0.177 e. The molecule has 1 aromatic carbocycles. The Morgan fingerprint density at radius 1 is 1.18 bits per heavy atom. The molecule has 2 heterocycles. The van der Waals surface area contributed by atoms with Gasteiger partial charge in [-0.1, -0.05) is 25.1 Å². The fourth-order valence-electron chi connectivity index (χ4n) is 2.38. The summed E-state index contributed by atoms with van der Waals surface area (Å²) in [5.74, 6) is 1.23. The summed E-state index contributed by atoms with van der Waals surface area (Å²) in [7, 11) is 0. The third-order valence-corrected chi connectivity index (χ3v) is 3.62. The van der Waals surface area contributed by atoms with Crippen LogP contribution in [0.15, 0.2) is 36.5 Å². The molecule has 2 aromatic heterocycles. The minimum absolute atomic E-state index is 0.555. The average Bonchev–Trinajstić information content (AvgIpc) is 2.91. The molecule has 0 aliphatic carbocycles. The van der Waals surface area contributed by atoms with E-state index in [1.165, 1.54) is 5.56 Å². The fraction of sp³-hybridized carbons (Fsp3) is 0.235. The van der Waals surface area contributed by atoms with Crippen molar-refractivity contribution in [3.8, 4) is 17.1 Å². The van der Waals surface area contributed by atoms with Crippen molar-refractivity contribution < 1.29 is 0 Å². The van der Waals surface area contributed by atoms with Crippen molar-refractivity contribution in [2.24, 2.45) is 0 Å². The summed E-state index contributed by atoms with van der Waals surface area (Å²) in [4.78, 5) is 8.83. The number of nitrogens with zero attached hydrogens (tertiary/aromatic N) is 4. The molecule has 3 rings (SSSR count). The highest BCUT2D eigenvalue weighted by Crippen LogP contribution is 2.24. The number of hydrogen-bond acceptors (Lipinski definition) is 4. The maximum absolute atomic E-state index is 6.13. The molecule has 5 heteroatoms. The van der Waals surface area contributed by atoms with E-state index < -0.39 is 0 Å². The second-order valence-electron chi connectivity index (χ2n) is 5.34. The Bertz CT molecular complexity index is 820. The molecule has 0 bridgehead atoms. The Balaban J connectivity index is 2.09. The quantitative estimate of drug-likeness (QED) is 0.805. The molecule has 0 radical (unpaired) electrons. The Morgan fingerprint density at radius 2 is 2.00 bits per heavy atom. The normalized spacial score (nSPS) is 10.9. The molecule has 0 aliphatic heterocycles. The molecule has 0 aliphatic rings. The maximum atomic E-state index is 6.13. The second-order valence-corrected chi connectivity index (χ2v) is 5.34. The van der Waals surface area contributed by atoms with Gasteiger partial charge in [0.05, 0.1) is 17.1 Å². The number of nitrogen functional groups attached to an aromatic ring is 1. The van der Waals surface area contributed by atoms with Gasteiger partial charge in [0.2, 0.25) is 0 Å². The Labute approximate surface area is 129 Å². The van der Waals surface area contributed by atoms with Crippen LogP contribution in [-0.4, -0.2) is 19.7 Å². The van der Waals surface area contributed by atoms with E-state index in [1.807, 2.05) is 32.0 Å². The van der Waals surface area contributed by atoms with Gasteiger partial charge in [-0.25, -0.2) is 4.98 Å². The Kier molecular flexibility index (Phi) is 3.63. The summed E-state index contributed by atoms with van der Waals surface area (Å²) in [6, 6.07) is 10.2. The molecule has 2 N–H and O–H groups in total. The summed E-state index contributed by atoms with van der Waals surface area (Å²) in [5, 5.41) is 4.62. The van der Waals surface area contributed by atoms with E-state index >= 15 is 0 Å². The molecular weight excluding hydrogens is 274 g/mol. The van der Waals surface area contributed by atoms with Crippen LogP contribution in [0.4, 0.5) is 5.82 Å². The van der Waals surface area contributed by atoms with E-state index in [9.17, 15) is 0 Å². The summed E-state index contributed by atoms with van der Waals surface area (Å²) in [6.45, 7) is 5.94. The van der Waals surface area contributed by atoms with Crippen LogP contribution in [0.25, 0.3) is 17.1 Å². The van der Waals surface area contributed by atoms with Crippen molar-refractivity contribution >= 4 is 5.82 Å². The smallest absolute Gasteiger partial charge is 0.177 e. The first-order chi connectivity index (χ1) is 10.6. The number of anilines is 1. The largest absolute Gasteiger partial charge is 0.384 e. The zero-order valence-electron chi connectivity index (χ0n) is 13.0. The van der Waals surface area contributed by atoms with E-state index in [4.69, 9.17) is 5.73 Å². The molecule has 0 fully saturated rings. The van der Waals surface area contributed by atoms with Crippen molar-refractivity contribution in [3.63, 3.8) is 0 Å².